The van der Waals surface area contributed by atoms with Gasteiger partial charge in [-0.25, -0.2) is 9.48 Å². The van der Waals surface area contributed by atoms with Crippen molar-refractivity contribution < 1.29 is 23.1 Å². The number of hydrogen-bond acceptors (Lipinski definition) is 7. The summed E-state index contributed by atoms with van der Waals surface area (Å²) in [5.74, 6) is -0.493. The number of carbonyl (C=O) groups is 1. The van der Waals surface area contributed by atoms with Gasteiger partial charge in [0.25, 0.3) is 0 Å². The van der Waals surface area contributed by atoms with Crippen LogP contribution in [0.5, 0.6) is 0 Å². The number of anilines is 1. The third-order valence-electron chi connectivity index (χ3n) is 6.64. The van der Waals surface area contributed by atoms with Crippen molar-refractivity contribution in [3.63, 3.8) is 0 Å². The van der Waals surface area contributed by atoms with Crippen LogP contribution in [0.3, 0.4) is 0 Å². The average Bonchev–Trinajstić information content (AvgIpc) is 3.64. The monoisotopic (exact) mass is 610 g/mol. The Morgan fingerprint density at radius 2 is 1.83 bits per heavy atom. The summed E-state index contributed by atoms with van der Waals surface area (Å²) >= 11 is 12.4. The maximum Gasteiger partial charge on any atom is 0.416 e. The van der Waals surface area contributed by atoms with Crippen molar-refractivity contribution in [3.8, 4) is 17.1 Å². The van der Waals surface area contributed by atoms with Gasteiger partial charge in [0.05, 0.1) is 23.2 Å². The van der Waals surface area contributed by atoms with Gasteiger partial charge in [-0.3, -0.25) is 9.36 Å². The van der Waals surface area contributed by atoms with Gasteiger partial charge in [0.15, 0.2) is 17.8 Å². The molecule has 1 fully saturated rings. The fourth-order valence-corrected chi connectivity index (χ4v) is 4.85. The van der Waals surface area contributed by atoms with E-state index < -0.39 is 36.3 Å². The number of benzene rings is 2. The van der Waals surface area contributed by atoms with Gasteiger partial charge in [0.2, 0.25) is 11.9 Å². The summed E-state index contributed by atoms with van der Waals surface area (Å²) in [5, 5.41) is 19.2. The van der Waals surface area contributed by atoms with E-state index in [1.807, 2.05) is 4.90 Å². The number of nitrogens with zero attached hydrogens (tertiary/aromatic N) is 7. The molecule has 216 valence electrons. The highest BCUT2D eigenvalue weighted by molar-refractivity contribution is 6.32. The zero-order valence-electron chi connectivity index (χ0n) is 21.2. The van der Waals surface area contributed by atoms with Crippen LogP contribution in [0.1, 0.15) is 12.2 Å². The largest absolute Gasteiger partial charge is 0.416 e. The number of para-hydroxylation sites is 1. The highest BCUT2D eigenvalue weighted by atomic mass is 35.5. The summed E-state index contributed by atoms with van der Waals surface area (Å²) in [4.78, 5) is 31.5. The second kappa shape index (κ2) is 11.2. The third kappa shape index (κ3) is 5.94. The first-order valence-electron chi connectivity index (χ1n) is 12.4. The molecular formula is C25H23Cl2F3N8O3. The number of alkyl halides is 3. The molecule has 1 aliphatic heterocycles. The molecule has 1 saturated heterocycles. The highest BCUT2D eigenvalue weighted by Crippen LogP contribution is 2.29. The Balaban J connectivity index is 1.56. The quantitative estimate of drug-likeness (QED) is 0.313. The van der Waals surface area contributed by atoms with Crippen molar-refractivity contribution in [2.24, 2.45) is 11.7 Å². The Labute approximate surface area is 240 Å². The highest BCUT2D eigenvalue weighted by Gasteiger charge is 2.39. The number of aliphatic hydroxyl groups is 1. The summed E-state index contributed by atoms with van der Waals surface area (Å²) < 4.78 is 42.7. The second-order valence-corrected chi connectivity index (χ2v) is 10.3. The normalized spacial score (nSPS) is 16.3. The first-order valence-corrected chi connectivity index (χ1v) is 13.1. The van der Waals surface area contributed by atoms with Crippen molar-refractivity contribution in [3.05, 3.63) is 74.9 Å². The van der Waals surface area contributed by atoms with Crippen LogP contribution in [0.15, 0.2) is 53.3 Å². The zero-order valence-corrected chi connectivity index (χ0v) is 22.7. The van der Waals surface area contributed by atoms with Gasteiger partial charge >= 0.3 is 11.9 Å². The number of aromatic nitrogens is 6. The minimum atomic E-state index is -4.96. The molecule has 2 aromatic carbocycles. The molecule has 16 heteroatoms. The molecule has 0 aliphatic carbocycles. The average molecular weight is 611 g/mol. The van der Waals surface area contributed by atoms with E-state index in [4.69, 9.17) is 28.9 Å². The predicted molar refractivity (Wildman–Crippen MR) is 144 cm³/mol. The molecule has 11 nitrogen and oxygen atoms in total. The lowest BCUT2D eigenvalue weighted by atomic mass is 10.1. The SMILES string of the molecule is NC(=O)[C@H]1CCN(c2nc(Cn3nc(-c4ccc(Cl)cc4)n(C[C@H](O)C(F)(F)F)c3=O)nn2-c2ccccc2Cl)C1. The van der Waals surface area contributed by atoms with Crippen LogP contribution in [-0.4, -0.2) is 65.5 Å². The van der Waals surface area contributed by atoms with Crippen LogP contribution >= 0.6 is 23.2 Å². The maximum atomic E-state index is 13.3. The first kappa shape index (κ1) is 28.6. The van der Waals surface area contributed by atoms with Gasteiger partial charge in [-0.15, -0.1) is 10.2 Å². The Kier molecular flexibility index (Phi) is 7.81. The Morgan fingerprint density at radius 3 is 2.46 bits per heavy atom. The molecule has 2 atom stereocenters. The number of aliphatic hydroxyl groups excluding tert-OH is 1. The number of primary amides is 1. The lowest BCUT2D eigenvalue weighted by Gasteiger charge is -2.18. The predicted octanol–water partition coefficient (Wildman–Crippen LogP) is 2.88. The van der Waals surface area contributed by atoms with E-state index >= 15 is 0 Å². The topological polar surface area (TPSA) is 137 Å². The van der Waals surface area contributed by atoms with Gasteiger partial charge in [0, 0.05) is 23.7 Å². The summed E-state index contributed by atoms with van der Waals surface area (Å²) in [6.07, 6.45) is -7.25. The molecule has 0 radical (unpaired) electrons. The minimum Gasteiger partial charge on any atom is -0.382 e. The summed E-state index contributed by atoms with van der Waals surface area (Å²) in [5.41, 5.74) is 5.38. The molecule has 0 spiro atoms. The van der Waals surface area contributed by atoms with Crippen molar-refractivity contribution in [1.29, 1.82) is 0 Å². The molecule has 2 aromatic heterocycles. The van der Waals surface area contributed by atoms with Crippen LogP contribution in [0, 0.1) is 5.92 Å². The first-order chi connectivity index (χ1) is 19.4. The molecule has 4 aromatic rings. The number of halogens is 5. The molecule has 0 unspecified atom stereocenters. The van der Waals surface area contributed by atoms with Gasteiger partial charge < -0.3 is 15.7 Å². The molecular weight excluding hydrogens is 588 g/mol. The Hall–Kier alpha value is -3.88. The van der Waals surface area contributed by atoms with Crippen LogP contribution in [-0.2, 0) is 17.9 Å². The Bertz CT molecular complexity index is 1630. The molecule has 0 bridgehead atoms. The molecule has 5 rings (SSSR count). The molecule has 1 amide bonds. The van der Waals surface area contributed by atoms with E-state index in [9.17, 15) is 27.9 Å². The third-order valence-corrected chi connectivity index (χ3v) is 7.21. The summed E-state index contributed by atoms with van der Waals surface area (Å²) in [7, 11) is 0. The van der Waals surface area contributed by atoms with E-state index in [1.54, 1.807) is 24.3 Å². The van der Waals surface area contributed by atoms with Gasteiger partial charge in [-0.2, -0.15) is 22.8 Å². The van der Waals surface area contributed by atoms with E-state index in [2.05, 4.69) is 15.2 Å². The number of nitrogens with two attached hydrogens (primary N) is 1. The maximum absolute atomic E-state index is 13.3. The minimum absolute atomic E-state index is 0.105. The molecule has 1 aliphatic rings. The number of carbonyl (C=O) groups excluding carboxylic acids is 1. The second-order valence-electron chi connectivity index (χ2n) is 9.46. The van der Waals surface area contributed by atoms with Crippen molar-refractivity contribution in [1.82, 2.24) is 29.1 Å². The fraction of sp³-hybridized carbons (Fsp3) is 0.320. The molecule has 41 heavy (non-hydrogen) atoms. The summed E-state index contributed by atoms with van der Waals surface area (Å²) in [6.45, 7) is -0.634. The zero-order chi connectivity index (χ0) is 29.5. The van der Waals surface area contributed by atoms with Gasteiger partial charge in [-0.1, -0.05) is 35.3 Å². The van der Waals surface area contributed by atoms with E-state index in [-0.39, 0.29) is 18.2 Å². The molecule has 3 heterocycles. The van der Waals surface area contributed by atoms with Crippen LogP contribution in [0.2, 0.25) is 10.0 Å². The van der Waals surface area contributed by atoms with Crippen molar-refractivity contribution in [2.45, 2.75) is 31.8 Å². The lowest BCUT2D eigenvalue weighted by Crippen LogP contribution is -2.37. The van der Waals surface area contributed by atoms with Crippen LogP contribution < -0.4 is 16.3 Å². The van der Waals surface area contributed by atoms with Crippen molar-refractivity contribution >= 4 is 35.1 Å². The standard InChI is InChI=1S/C25H23Cl2F3N8O3/c26-16-7-5-14(6-8-16)22-34-37(24(41)36(22)12-19(39)25(28,29)30)13-20-32-23(35-10-9-15(11-35)21(31)40)38(33-20)18-4-2-1-3-17(18)27/h1-8,15,19,39H,9-13H2,(H2,31,40)/t15-,19-/m0/s1. The van der Waals surface area contributed by atoms with Gasteiger partial charge in [0.1, 0.15) is 6.54 Å². The van der Waals surface area contributed by atoms with E-state index in [1.165, 1.54) is 28.9 Å². The van der Waals surface area contributed by atoms with Crippen LogP contribution in [0.4, 0.5) is 19.1 Å². The molecule has 0 saturated carbocycles. The Morgan fingerprint density at radius 1 is 1.12 bits per heavy atom. The molecule has 3 N–H and O–H groups in total. The summed E-state index contributed by atoms with van der Waals surface area (Å²) in [6, 6.07) is 12.9. The smallest absolute Gasteiger partial charge is 0.382 e. The fourth-order valence-electron chi connectivity index (χ4n) is 4.51. The number of amides is 1. The van der Waals surface area contributed by atoms with E-state index in [0.29, 0.717) is 46.8 Å². The van der Waals surface area contributed by atoms with Crippen LogP contribution in [0.25, 0.3) is 17.1 Å². The number of hydrogen-bond donors (Lipinski definition) is 2. The van der Waals surface area contributed by atoms with Gasteiger partial charge in [-0.05, 0) is 42.8 Å². The number of rotatable bonds is 8. The lowest BCUT2D eigenvalue weighted by molar-refractivity contribution is -0.207. The van der Waals surface area contributed by atoms with E-state index in [0.717, 1.165) is 9.25 Å². The van der Waals surface area contributed by atoms with Crippen molar-refractivity contribution in [2.75, 3.05) is 18.0 Å².